The van der Waals surface area contributed by atoms with E-state index in [4.69, 9.17) is 4.74 Å². The van der Waals surface area contributed by atoms with Crippen molar-refractivity contribution in [2.75, 3.05) is 5.43 Å². The third kappa shape index (κ3) is 3.18. The van der Waals surface area contributed by atoms with Crippen molar-refractivity contribution in [3.05, 3.63) is 65.4 Å². The van der Waals surface area contributed by atoms with Gasteiger partial charge in [-0.2, -0.15) is 0 Å². The summed E-state index contributed by atoms with van der Waals surface area (Å²) >= 11 is 0. The minimum atomic E-state index is -0.602. The summed E-state index contributed by atoms with van der Waals surface area (Å²) < 4.78 is 7.28. The smallest absolute Gasteiger partial charge is 0.419 e. The van der Waals surface area contributed by atoms with Crippen molar-refractivity contribution < 1.29 is 14.6 Å². The quantitative estimate of drug-likeness (QED) is 0.641. The topological polar surface area (TPSA) is 75.5 Å². The van der Waals surface area contributed by atoms with Gasteiger partial charge in [0.25, 0.3) is 0 Å². The van der Waals surface area contributed by atoms with E-state index in [0.29, 0.717) is 0 Å². The Balaban J connectivity index is 1.89. The van der Waals surface area contributed by atoms with Gasteiger partial charge in [-0.3, -0.25) is 0 Å². The Labute approximate surface area is 157 Å². The van der Waals surface area contributed by atoms with E-state index in [9.17, 15) is 9.90 Å². The fourth-order valence-corrected chi connectivity index (χ4v) is 3.43. The van der Waals surface area contributed by atoms with Gasteiger partial charge < -0.3 is 15.3 Å². The number of para-hydroxylation sites is 1. The third-order valence-corrected chi connectivity index (χ3v) is 4.57. The van der Waals surface area contributed by atoms with E-state index >= 15 is 0 Å². The number of fused-ring (bicyclic) bond motifs is 2. The molecule has 0 saturated heterocycles. The molecule has 1 aromatic heterocycles. The molecule has 3 N–H and O–H groups in total. The Morgan fingerprint density at radius 2 is 1.96 bits per heavy atom. The second kappa shape index (κ2) is 6.40. The number of rotatable bonds is 2. The summed E-state index contributed by atoms with van der Waals surface area (Å²) in [6.07, 6.45) is -0.421. The van der Waals surface area contributed by atoms with Crippen LogP contribution >= 0.6 is 0 Å². The van der Waals surface area contributed by atoms with Gasteiger partial charge in [-0.15, -0.1) is 0 Å². The van der Waals surface area contributed by atoms with Crippen molar-refractivity contribution >= 4 is 22.7 Å². The SMILES string of the molecule is CC(C)(C)OC(=O)n1c(C2NNc3ccccc32)cc2cc(CO)ccc21. The van der Waals surface area contributed by atoms with Gasteiger partial charge in [0.05, 0.1) is 29.5 Å². The second-order valence-corrected chi connectivity index (χ2v) is 7.73. The molecule has 1 unspecified atom stereocenters. The molecule has 27 heavy (non-hydrogen) atoms. The first-order chi connectivity index (χ1) is 12.9. The fourth-order valence-electron chi connectivity index (χ4n) is 3.43. The van der Waals surface area contributed by atoms with Gasteiger partial charge in [-0.1, -0.05) is 24.3 Å². The number of hydrazine groups is 1. The summed E-state index contributed by atoms with van der Waals surface area (Å²) in [6, 6.07) is 15.3. The Hall–Kier alpha value is -2.83. The van der Waals surface area contributed by atoms with Gasteiger partial charge >= 0.3 is 6.09 Å². The maximum absolute atomic E-state index is 13.0. The highest BCUT2D eigenvalue weighted by molar-refractivity contribution is 5.92. The first-order valence-electron chi connectivity index (χ1n) is 8.96. The molecule has 140 valence electrons. The molecular weight excluding hydrogens is 342 g/mol. The summed E-state index contributed by atoms with van der Waals surface area (Å²) in [7, 11) is 0. The van der Waals surface area contributed by atoms with E-state index < -0.39 is 11.7 Å². The van der Waals surface area contributed by atoms with Gasteiger partial charge in [0.2, 0.25) is 0 Å². The molecule has 0 radical (unpaired) electrons. The maximum Gasteiger partial charge on any atom is 0.419 e. The normalized spacial score (nSPS) is 16.2. The molecule has 0 saturated carbocycles. The van der Waals surface area contributed by atoms with Crippen LogP contribution in [0.15, 0.2) is 48.5 Å². The highest BCUT2D eigenvalue weighted by Crippen LogP contribution is 2.36. The fraction of sp³-hybridized carbons (Fsp3) is 0.286. The summed E-state index contributed by atoms with van der Waals surface area (Å²) in [6.45, 7) is 5.51. The number of hydrogen-bond donors (Lipinski definition) is 3. The molecule has 2 heterocycles. The molecule has 1 atom stereocenters. The van der Waals surface area contributed by atoms with Crippen LogP contribution in [0, 0.1) is 0 Å². The van der Waals surface area contributed by atoms with Crippen LogP contribution in [-0.4, -0.2) is 21.4 Å². The van der Waals surface area contributed by atoms with Crippen molar-refractivity contribution in [1.82, 2.24) is 9.99 Å². The zero-order valence-corrected chi connectivity index (χ0v) is 15.6. The van der Waals surface area contributed by atoms with Crippen LogP contribution in [-0.2, 0) is 11.3 Å². The zero-order valence-electron chi connectivity index (χ0n) is 15.6. The summed E-state index contributed by atoms with van der Waals surface area (Å²) in [5.74, 6) is 0. The lowest BCUT2D eigenvalue weighted by molar-refractivity contribution is 0.0539. The summed E-state index contributed by atoms with van der Waals surface area (Å²) in [5.41, 5.74) is 10.2. The molecule has 6 heteroatoms. The number of hydrogen-bond acceptors (Lipinski definition) is 5. The number of anilines is 1. The maximum atomic E-state index is 13.0. The van der Waals surface area contributed by atoms with Crippen LogP contribution < -0.4 is 10.9 Å². The van der Waals surface area contributed by atoms with Gasteiger partial charge in [-0.25, -0.2) is 14.8 Å². The van der Waals surface area contributed by atoms with E-state index in [0.717, 1.165) is 33.4 Å². The number of nitrogens with one attached hydrogen (secondary N) is 2. The van der Waals surface area contributed by atoms with Crippen LogP contribution in [0.2, 0.25) is 0 Å². The molecule has 0 fully saturated rings. The minimum Gasteiger partial charge on any atom is -0.443 e. The lowest BCUT2D eigenvalue weighted by Gasteiger charge is -2.22. The number of nitrogens with zero attached hydrogens (tertiary/aromatic N) is 1. The highest BCUT2D eigenvalue weighted by Gasteiger charge is 2.30. The molecule has 6 nitrogen and oxygen atoms in total. The summed E-state index contributed by atoms with van der Waals surface area (Å²) in [5, 5.41) is 10.3. The molecule has 0 aliphatic carbocycles. The van der Waals surface area contributed by atoms with Crippen LogP contribution in [0.25, 0.3) is 10.9 Å². The number of carbonyl (C=O) groups is 1. The number of aromatic nitrogens is 1. The number of benzene rings is 2. The van der Waals surface area contributed by atoms with Gasteiger partial charge in [-0.05, 0) is 50.6 Å². The standard InChI is InChI=1S/C21H23N3O3/c1-21(2,3)27-20(26)24-17-9-8-13(12-25)10-14(17)11-18(24)19-15-6-4-5-7-16(15)22-23-19/h4-11,19,22-23,25H,12H2,1-3H3. The Kier molecular flexibility index (Phi) is 4.17. The van der Waals surface area contributed by atoms with Crippen molar-refractivity contribution in [1.29, 1.82) is 0 Å². The molecule has 4 rings (SSSR count). The molecule has 0 bridgehead atoms. The molecular formula is C21H23N3O3. The van der Waals surface area contributed by atoms with Gasteiger partial charge in [0.1, 0.15) is 5.60 Å². The van der Waals surface area contributed by atoms with Crippen molar-refractivity contribution in [2.45, 2.75) is 39.0 Å². The second-order valence-electron chi connectivity index (χ2n) is 7.73. The van der Waals surface area contributed by atoms with E-state index in [-0.39, 0.29) is 12.6 Å². The number of ether oxygens (including phenoxy) is 1. The monoisotopic (exact) mass is 365 g/mol. The first kappa shape index (κ1) is 17.6. The average Bonchev–Trinajstić information content (AvgIpc) is 3.20. The highest BCUT2D eigenvalue weighted by atomic mass is 16.6. The zero-order chi connectivity index (χ0) is 19.2. The number of aliphatic hydroxyl groups excluding tert-OH is 1. The van der Waals surface area contributed by atoms with Gasteiger partial charge in [0, 0.05) is 10.9 Å². The average molecular weight is 365 g/mol. The Morgan fingerprint density at radius 3 is 2.70 bits per heavy atom. The van der Waals surface area contributed by atoms with Gasteiger partial charge in [0.15, 0.2) is 0 Å². The third-order valence-electron chi connectivity index (χ3n) is 4.57. The molecule has 1 aliphatic rings. The Bertz CT molecular complexity index is 1020. The van der Waals surface area contributed by atoms with Crippen molar-refractivity contribution in [3.63, 3.8) is 0 Å². The van der Waals surface area contributed by atoms with E-state index in [1.165, 1.54) is 0 Å². The Morgan fingerprint density at radius 1 is 1.19 bits per heavy atom. The van der Waals surface area contributed by atoms with Crippen molar-refractivity contribution in [2.24, 2.45) is 0 Å². The predicted octanol–water partition coefficient (Wildman–Crippen LogP) is 3.94. The van der Waals surface area contributed by atoms with Crippen LogP contribution in [0.5, 0.6) is 0 Å². The van der Waals surface area contributed by atoms with E-state index in [1.54, 1.807) is 4.57 Å². The van der Waals surface area contributed by atoms with Crippen LogP contribution in [0.3, 0.4) is 0 Å². The predicted molar refractivity (Wildman–Crippen MR) is 105 cm³/mol. The van der Waals surface area contributed by atoms with Crippen LogP contribution in [0.1, 0.15) is 43.6 Å². The first-order valence-corrected chi connectivity index (χ1v) is 8.96. The lowest BCUT2D eigenvalue weighted by atomic mass is 10.0. The lowest BCUT2D eigenvalue weighted by Crippen LogP contribution is -2.30. The molecule has 2 aromatic carbocycles. The molecule has 0 amide bonds. The largest absolute Gasteiger partial charge is 0.443 e. The molecule has 1 aliphatic heterocycles. The molecule has 3 aromatic rings. The minimum absolute atomic E-state index is 0.0467. The molecule has 0 spiro atoms. The number of aliphatic hydroxyl groups is 1. The van der Waals surface area contributed by atoms with Crippen molar-refractivity contribution in [3.8, 4) is 0 Å². The summed E-state index contributed by atoms with van der Waals surface area (Å²) in [4.78, 5) is 13.0. The van der Waals surface area contributed by atoms with E-state index in [2.05, 4.69) is 10.9 Å². The number of carbonyl (C=O) groups excluding carboxylic acids is 1. The van der Waals surface area contributed by atoms with Crippen LogP contribution in [0.4, 0.5) is 10.5 Å². The van der Waals surface area contributed by atoms with E-state index in [1.807, 2.05) is 69.3 Å².